The molecule has 0 aromatic heterocycles. The molecule has 3 aromatic rings. The van der Waals surface area contributed by atoms with Crippen LogP contribution < -0.4 is 15.5 Å². The Morgan fingerprint density at radius 1 is 0.933 bits per heavy atom. The van der Waals surface area contributed by atoms with E-state index in [2.05, 4.69) is 15.8 Å². The van der Waals surface area contributed by atoms with Crippen molar-refractivity contribution in [1.29, 1.82) is 0 Å². The molecule has 6 heteroatoms. The molecular formula is C24H23N3O3. The second-order valence-corrected chi connectivity index (χ2v) is 6.77. The summed E-state index contributed by atoms with van der Waals surface area (Å²) in [6.45, 7) is 3.93. The van der Waals surface area contributed by atoms with E-state index in [0.717, 1.165) is 16.8 Å². The summed E-state index contributed by atoms with van der Waals surface area (Å²) in [7, 11) is 0. The third kappa shape index (κ3) is 6.04. The van der Waals surface area contributed by atoms with E-state index in [-0.39, 0.29) is 18.4 Å². The Kier molecular flexibility index (Phi) is 6.95. The van der Waals surface area contributed by atoms with Gasteiger partial charge in [-0.2, -0.15) is 5.10 Å². The Balaban J connectivity index is 1.46. The third-order valence-electron chi connectivity index (χ3n) is 4.46. The van der Waals surface area contributed by atoms with Crippen molar-refractivity contribution in [1.82, 2.24) is 5.43 Å². The number of hydrazone groups is 1. The Morgan fingerprint density at radius 2 is 1.67 bits per heavy atom. The minimum absolute atomic E-state index is 0.0898. The first-order valence-corrected chi connectivity index (χ1v) is 9.50. The van der Waals surface area contributed by atoms with Crippen LogP contribution in [-0.4, -0.2) is 24.6 Å². The fourth-order valence-electron chi connectivity index (χ4n) is 2.63. The highest BCUT2D eigenvalue weighted by Crippen LogP contribution is 2.15. The molecule has 0 bridgehead atoms. The van der Waals surface area contributed by atoms with Gasteiger partial charge in [-0.1, -0.05) is 24.3 Å². The number of rotatable bonds is 7. The molecule has 0 heterocycles. The molecule has 6 nitrogen and oxygen atoms in total. The van der Waals surface area contributed by atoms with Gasteiger partial charge < -0.3 is 10.1 Å². The maximum atomic E-state index is 12.1. The van der Waals surface area contributed by atoms with Gasteiger partial charge in [0, 0.05) is 11.3 Å². The van der Waals surface area contributed by atoms with Crippen LogP contribution in [0.4, 0.5) is 5.69 Å². The molecule has 0 aliphatic rings. The van der Waals surface area contributed by atoms with Gasteiger partial charge in [0.2, 0.25) is 0 Å². The predicted octanol–water partition coefficient (Wildman–Crippen LogP) is 4.08. The number of nitrogens with zero attached hydrogens (tertiary/aromatic N) is 1. The molecule has 3 rings (SSSR count). The highest BCUT2D eigenvalue weighted by atomic mass is 16.5. The lowest BCUT2D eigenvalue weighted by molar-refractivity contribution is -0.118. The maximum Gasteiger partial charge on any atom is 0.271 e. The Hall–Kier alpha value is -3.93. The first kappa shape index (κ1) is 20.8. The van der Waals surface area contributed by atoms with Crippen molar-refractivity contribution in [2.75, 3.05) is 11.9 Å². The molecule has 0 fully saturated rings. The number of anilines is 1. The van der Waals surface area contributed by atoms with Gasteiger partial charge in [-0.3, -0.25) is 9.59 Å². The Bertz CT molecular complexity index is 1050. The first-order valence-electron chi connectivity index (χ1n) is 9.50. The van der Waals surface area contributed by atoms with Crippen molar-refractivity contribution in [2.24, 2.45) is 5.10 Å². The van der Waals surface area contributed by atoms with E-state index in [4.69, 9.17) is 4.74 Å². The smallest absolute Gasteiger partial charge is 0.271 e. The molecule has 2 N–H and O–H groups in total. The van der Waals surface area contributed by atoms with Crippen molar-refractivity contribution < 1.29 is 14.3 Å². The molecule has 3 aromatic carbocycles. The van der Waals surface area contributed by atoms with Crippen molar-refractivity contribution in [3.8, 4) is 5.75 Å². The molecule has 0 atom stereocenters. The molecule has 0 unspecified atom stereocenters. The molecule has 0 saturated heterocycles. The van der Waals surface area contributed by atoms with Crippen LogP contribution in [0.1, 0.15) is 27.0 Å². The minimum atomic E-state index is -0.276. The van der Waals surface area contributed by atoms with Crippen LogP contribution in [0.3, 0.4) is 0 Å². The number of hydrogen-bond acceptors (Lipinski definition) is 4. The van der Waals surface area contributed by atoms with Gasteiger partial charge in [0.25, 0.3) is 11.8 Å². The van der Waals surface area contributed by atoms with Crippen molar-refractivity contribution in [2.45, 2.75) is 13.8 Å². The van der Waals surface area contributed by atoms with Crippen LogP contribution in [0, 0.1) is 13.8 Å². The van der Waals surface area contributed by atoms with Crippen LogP contribution in [0.15, 0.2) is 77.9 Å². The quantitative estimate of drug-likeness (QED) is 0.462. The van der Waals surface area contributed by atoms with E-state index in [0.29, 0.717) is 11.3 Å². The van der Waals surface area contributed by atoms with Gasteiger partial charge in [-0.15, -0.1) is 0 Å². The van der Waals surface area contributed by atoms with Gasteiger partial charge >= 0.3 is 0 Å². The summed E-state index contributed by atoms with van der Waals surface area (Å²) in [6.07, 6.45) is 1.54. The largest absolute Gasteiger partial charge is 0.484 e. The van der Waals surface area contributed by atoms with E-state index in [1.807, 2.05) is 38.1 Å². The molecule has 30 heavy (non-hydrogen) atoms. The summed E-state index contributed by atoms with van der Waals surface area (Å²) < 4.78 is 5.52. The molecule has 2 amide bonds. The summed E-state index contributed by atoms with van der Waals surface area (Å²) in [4.78, 5) is 24.0. The number of benzene rings is 3. The topological polar surface area (TPSA) is 79.8 Å². The Labute approximate surface area is 175 Å². The van der Waals surface area contributed by atoms with Crippen LogP contribution in [0.5, 0.6) is 5.75 Å². The molecule has 0 spiro atoms. The molecule has 152 valence electrons. The highest BCUT2D eigenvalue weighted by Gasteiger charge is 2.05. The van der Waals surface area contributed by atoms with Crippen LogP contribution in [0.2, 0.25) is 0 Å². The van der Waals surface area contributed by atoms with Crippen molar-refractivity contribution >= 4 is 23.7 Å². The van der Waals surface area contributed by atoms with E-state index < -0.39 is 0 Å². The van der Waals surface area contributed by atoms with Crippen molar-refractivity contribution in [3.63, 3.8) is 0 Å². The number of carbonyl (C=O) groups is 2. The van der Waals surface area contributed by atoms with E-state index in [9.17, 15) is 9.59 Å². The number of amides is 2. The summed E-state index contributed by atoms with van der Waals surface area (Å²) in [6, 6.07) is 21.7. The van der Waals surface area contributed by atoms with Crippen LogP contribution in [0.25, 0.3) is 0 Å². The standard InChI is InChI=1S/C24H23N3O3/c1-17-8-11-21(14-18(17)2)26-23(28)16-30-22-12-9-19(10-13-22)15-25-27-24(29)20-6-4-3-5-7-20/h3-15H,16H2,1-2H3,(H,26,28)(H,27,29). The SMILES string of the molecule is Cc1ccc(NC(=O)COc2ccc(C=NNC(=O)c3ccccc3)cc2)cc1C. The number of aryl methyl sites for hydroxylation is 2. The zero-order valence-corrected chi connectivity index (χ0v) is 16.9. The number of hydrogen-bond donors (Lipinski definition) is 2. The molecular weight excluding hydrogens is 378 g/mol. The highest BCUT2D eigenvalue weighted by molar-refractivity contribution is 5.94. The fraction of sp³-hybridized carbons (Fsp3) is 0.125. The zero-order valence-electron chi connectivity index (χ0n) is 16.9. The lowest BCUT2D eigenvalue weighted by atomic mass is 10.1. The number of carbonyl (C=O) groups excluding carboxylic acids is 2. The molecule has 0 aliphatic carbocycles. The van der Waals surface area contributed by atoms with Gasteiger partial charge in [-0.05, 0) is 79.1 Å². The molecule has 0 radical (unpaired) electrons. The lowest BCUT2D eigenvalue weighted by Crippen LogP contribution is -2.20. The third-order valence-corrected chi connectivity index (χ3v) is 4.46. The fourth-order valence-corrected chi connectivity index (χ4v) is 2.63. The zero-order chi connectivity index (χ0) is 21.3. The number of ether oxygens (including phenoxy) is 1. The Morgan fingerprint density at radius 3 is 2.37 bits per heavy atom. The molecule has 0 aliphatic heterocycles. The maximum absolute atomic E-state index is 12.1. The monoisotopic (exact) mass is 401 g/mol. The second kappa shape index (κ2) is 10.0. The summed E-state index contributed by atoms with van der Waals surface area (Å²) in [5, 5.41) is 6.77. The van der Waals surface area contributed by atoms with Gasteiger partial charge in [-0.25, -0.2) is 5.43 Å². The van der Waals surface area contributed by atoms with Gasteiger partial charge in [0.05, 0.1) is 6.21 Å². The summed E-state index contributed by atoms with van der Waals surface area (Å²) >= 11 is 0. The van der Waals surface area contributed by atoms with Crippen LogP contribution >= 0.6 is 0 Å². The van der Waals surface area contributed by atoms with Gasteiger partial charge in [0.15, 0.2) is 6.61 Å². The predicted molar refractivity (Wildman–Crippen MR) is 118 cm³/mol. The van der Waals surface area contributed by atoms with Crippen molar-refractivity contribution in [3.05, 3.63) is 95.1 Å². The first-order chi connectivity index (χ1) is 14.5. The average molecular weight is 401 g/mol. The summed E-state index contributed by atoms with van der Waals surface area (Å²) in [5.74, 6) is 0.0600. The van der Waals surface area contributed by atoms with E-state index in [1.165, 1.54) is 11.8 Å². The van der Waals surface area contributed by atoms with Crippen LogP contribution in [-0.2, 0) is 4.79 Å². The normalized spacial score (nSPS) is 10.6. The second-order valence-electron chi connectivity index (χ2n) is 6.77. The number of nitrogens with one attached hydrogen (secondary N) is 2. The van der Waals surface area contributed by atoms with E-state index in [1.54, 1.807) is 48.5 Å². The van der Waals surface area contributed by atoms with E-state index >= 15 is 0 Å². The average Bonchev–Trinajstić information content (AvgIpc) is 2.76. The minimum Gasteiger partial charge on any atom is -0.484 e. The molecule has 0 saturated carbocycles. The summed E-state index contributed by atoms with van der Waals surface area (Å²) in [5.41, 5.74) is 6.84. The lowest BCUT2D eigenvalue weighted by Gasteiger charge is -2.09. The van der Waals surface area contributed by atoms with Gasteiger partial charge in [0.1, 0.15) is 5.75 Å².